The number of nitrogens with one attached hydrogen (secondary N) is 1. The molecule has 7 nitrogen and oxygen atoms in total. The number of rotatable bonds is 4. The van der Waals surface area contributed by atoms with Gasteiger partial charge in [0.15, 0.2) is 5.96 Å². The Morgan fingerprint density at radius 3 is 2.48 bits per heavy atom. The largest absolute Gasteiger partial charge is 0.357 e. The molecule has 1 N–H and O–H groups in total. The number of aryl methyl sites for hydroxylation is 1. The molecule has 0 spiro atoms. The van der Waals surface area contributed by atoms with Crippen LogP contribution in [-0.2, 0) is 18.3 Å². The van der Waals surface area contributed by atoms with Crippen LogP contribution < -0.4 is 5.32 Å². The number of aliphatic imine (C=N–C) groups is 1. The van der Waals surface area contributed by atoms with Gasteiger partial charge in [0.25, 0.3) is 0 Å². The van der Waals surface area contributed by atoms with Crippen molar-refractivity contribution >= 4 is 35.8 Å². The van der Waals surface area contributed by atoms with Gasteiger partial charge in [-0.05, 0) is 18.9 Å². The predicted molar refractivity (Wildman–Crippen MR) is 102 cm³/mol. The highest BCUT2D eigenvalue weighted by atomic mass is 127. The summed E-state index contributed by atoms with van der Waals surface area (Å²) in [6, 6.07) is 0. The Labute approximate surface area is 155 Å². The van der Waals surface area contributed by atoms with Crippen LogP contribution in [0.1, 0.15) is 19.4 Å². The van der Waals surface area contributed by atoms with E-state index in [2.05, 4.69) is 22.2 Å². The van der Waals surface area contributed by atoms with Crippen molar-refractivity contribution in [3.8, 4) is 0 Å². The minimum Gasteiger partial charge on any atom is -0.357 e. The zero-order valence-electron chi connectivity index (χ0n) is 14.2. The number of guanidine groups is 1. The molecule has 8 heteroatoms. The Morgan fingerprint density at radius 2 is 1.96 bits per heavy atom. The van der Waals surface area contributed by atoms with E-state index >= 15 is 0 Å². The fourth-order valence-electron chi connectivity index (χ4n) is 2.55. The molecule has 1 aliphatic heterocycles. The van der Waals surface area contributed by atoms with Crippen molar-refractivity contribution in [3.05, 3.63) is 18.0 Å². The van der Waals surface area contributed by atoms with Crippen LogP contribution in [0, 0.1) is 0 Å². The summed E-state index contributed by atoms with van der Waals surface area (Å²) in [6.07, 6.45) is 4.79. The van der Waals surface area contributed by atoms with Crippen LogP contribution in [0.3, 0.4) is 0 Å². The Bertz CT molecular complexity index is 522. The molecule has 0 unspecified atom stereocenters. The summed E-state index contributed by atoms with van der Waals surface area (Å²) in [5.74, 6) is 1.09. The molecule has 1 aromatic heterocycles. The van der Waals surface area contributed by atoms with E-state index in [1.165, 1.54) is 5.56 Å². The monoisotopic (exact) mass is 434 g/mol. The van der Waals surface area contributed by atoms with Gasteiger partial charge in [0, 0.05) is 59.4 Å². The molecule has 0 saturated carbocycles. The third-order valence-electron chi connectivity index (χ3n) is 3.78. The first-order valence-corrected chi connectivity index (χ1v) is 7.86. The summed E-state index contributed by atoms with van der Waals surface area (Å²) in [6.45, 7) is 8.48. The molecule has 23 heavy (non-hydrogen) atoms. The van der Waals surface area contributed by atoms with E-state index in [1.807, 2.05) is 29.0 Å². The second-order valence-corrected chi connectivity index (χ2v) is 5.50. The zero-order chi connectivity index (χ0) is 15.9. The third-order valence-corrected chi connectivity index (χ3v) is 3.78. The maximum absolute atomic E-state index is 11.4. The van der Waals surface area contributed by atoms with Crippen molar-refractivity contribution in [2.45, 2.75) is 20.3 Å². The van der Waals surface area contributed by atoms with Crippen molar-refractivity contribution in [2.75, 3.05) is 39.3 Å². The van der Waals surface area contributed by atoms with E-state index in [0.29, 0.717) is 0 Å². The maximum atomic E-state index is 11.4. The minimum absolute atomic E-state index is 0. The molecule has 0 bridgehead atoms. The molecule has 0 atom stereocenters. The van der Waals surface area contributed by atoms with Crippen LogP contribution in [0.2, 0.25) is 0 Å². The van der Waals surface area contributed by atoms with Gasteiger partial charge in [-0.2, -0.15) is 5.10 Å². The number of hydrogen-bond donors (Lipinski definition) is 1. The first-order valence-electron chi connectivity index (χ1n) is 7.86. The topological polar surface area (TPSA) is 65.8 Å². The summed E-state index contributed by atoms with van der Waals surface area (Å²) in [7, 11) is 1.92. The van der Waals surface area contributed by atoms with Gasteiger partial charge in [0.1, 0.15) is 0 Å². The lowest BCUT2D eigenvalue weighted by Gasteiger charge is -2.36. The van der Waals surface area contributed by atoms with Crippen LogP contribution >= 0.6 is 24.0 Å². The van der Waals surface area contributed by atoms with Crippen LogP contribution in [0.5, 0.6) is 0 Å². The predicted octanol–water partition coefficient (Wildman–Crippen LogP) is 0.710. The van der Waals surface area contributed by atoms with E-state index in [4.69, 9.17) is 4.99 Å². The van der Waals surface area contributed by atoms with E-state index in [1.54, 1.807) is 6.92 Å². The molecule has 1 fully saturated rings. The smallest absolute Gasteiger partial charge is 0.219 e. The van der Waals surface area contributed by atoms with E-state index in [0.717, 1.165) is 51.6 Å². The van der Waals surface area contributed by atoms with Gasteiger partial charge in [0.2, 0.25) is 5.91 Å². The molecule has 1 saturated heterocycles. The molecule has 1 amide bonds. The Balaban J connectivity index is 0.00000264. The molecule has 0 aliphatic carbocycles. The number of amides is 1. The SMILES string of the molecule is CCNC(=NCCc1cnn(C)c1)N1CCN(C(C)=O)CC1.I. The van der Waals surface area contributed by atoms with Crippen LogP contribution in [-0.4, -0.2) is 70.7 Å². The number of carbonyl (C=O) groups is 1. The molecule has 2 rings (SSSR count). The maximum Gasteiger partial charge on any atom is 0.219 e. The normalized spacial score (nSPS) is 15.3. The minimum atomic E-state index is 0. The molecular weight excluding hydrogens is 407 g/mol. The fourth-order valence-corrected chi connectivity index (χ4v) is 2.55. The average molecular weight is 434 g/mol. The van der Waals surface area contributed by atoms with Crippen LogP contribution in [0.4, 0.5) is 0 Å². The summed E-state index contributed by atoms with van der Waals surface area (Å²) >= 11 is 0. The highest BCUT2D eigenvalue weighted by molar-refractivity contribution is 14.0. The second-order valence-electron chi connectivity index (χ2n) is 5.50. The first-order chi connectivity index (χ1) is 10.6. The van der Waals surface area contributed by atoms with Gasteiger partial charge >= 0.3 is 0 Å². The second kappa shape index (κ2) is 9.74. The molecule has 1 aliphatic rings. The molecule has 2 heterocycles. The van der Waals surface area contributed by atoms with E-state index in [9.17, 15) is 4.79 Å². The van der Waals surface area contributed by atoms with Gasteiger partial charge in [-0.15, -0.1) is 24.0 Å². The van der Waals surface area contributed by atoms with Gasteiger partial charge in [-0.25, -0.2) is 0 Å². The number of piperazine rings is 1. The lowest BCUT2D eigenvalue weighted by Crippen LogP contribution is -2.53. The fraction of sp³-hybridized carbons (Fsp3) is 0.667. The van der Waals surface area contributed by atoms with Crippen molar-refractivity contribution in [2.24, 2.45) is 12.0 Å². The standard InChI is InChI=1S/C15H26N6O.HI/c1-4-16-15(17-6-5-14-11-18-19(3)12-14)21-9-7-20(8-10-21)13(2)22;/h11-12H,4-10H2,1-3H3,(H,16,17);1H. The van der Waals surface area contributed by atoms with Crippen LogP contribution in [0.25, 0.3) is 0 Å². The Kier molecular flexibility index (Phi) is 8.35. The summed E-state index contributed by atoms with van der Waals surface area (Å²) in [4.78, 5) is 20.2. The molecule has 0 radical (unpaired) electrons. The molecule has 0 aromatic carbocycles. The zero-order valence-corrected chi connectivity index (χ0v) is 16.5. The number of aromatic nitrogens is 2. The number of hydrogen-bond acceptors (Lipinski definition) is 3. The van der Waals surface area contributed by atoms with E-state index < -0.39 is 0 Å². The quantitative estimate of drug-likeness (QED) is 0.431. The highest BCUT2D eigenvalue weighted by Gasteiger charge is 2.20. The molecule has 130 valence electrons. The number of nitrogens with zero attached hydrogens (tertiary/aromatic N) is 5. The summed E-state index contributed by atoms with van der Waals surface area (Å²) in [5, 5.41) is 7.51. The Hall–Kier alpha value is -1.32. The summed E-state index contributed by atoms with van der Waals surface area (Å²) in [5.41, 5.74) is 1.20. The lowest BCUT2D eigenvalue weighted by atomic mass is 10.2. The van der Waals surface area contributed by atoms with Gasteiger partial charge in [0.05, 0.1) is 6.20 Å². The average Bonchev–Trinajstić information content (AvgIpc) is 2.92. The van der Waals surface area contributed by atoms with Crippen LogP contribution in [0.15, 0.2) is 17.4 Å². The number of carbonyl (C=O) groups excluding carboxylic acids is 1. The number of halogens is 1. The highest BCUT2D eigenvalue weighted by Crippen LogP contribution is 2.03. The Morgan fingerprint density at radius 1 is 1.30 bits per heavy atom. The van der Waals surface area contributed by atoms with Gasteiger partial charge in [-0.1, -0.05) is 0 Å². The van der Waals surface area contributed by atoms with Crippen molar-refractivity contribution < 1.29 is 4.79 Å². The van der Waals surface area contributed by atoms with Gasteiger partial charge in [-0.3, -0.25) is 14.5 Å². The first kappa shape index (κ1) is 19.7. The molecular formula is C15H27IN6O. The van der Waals surface area contributed by atoms with Crippen molar-refractivity contribution in [1.82, 2.24) is 24.9 Å². The lowest BCUT2D eigenvalue weighted by molar-refractivity contribution is -0.130. The third kappa shape index (κ3) is 6.00. The van der Waals surface area contributed by atoms with Crippen molar-refractivity contribution in [1.29, 1.82) is 0 Å². The van der Waals surface area contributed by atoms with Crippen molar-refractivity contribution in [3.63, 3.8) is 0 Å². The summed E-state index contributed by atoms with van der Waals surface area (Å²) < 4.78 is 1.81. The van der Waals surface area contributed by atoms with Gasteiger partial charge < -0.3 is 15.1 Å². The van der Waals surface area contributed by atoms with E-state index in [-0.39, 0.29) is 29.9 Å². The molecule has 1 aromatic rings.